The van der Waals surface area contributed by atoms with Crippen molar-refractivity contribution in [1.29, 1.82) is 0 Å². The Morgan fingerprint density at radius 3 is 2.40 bits per heavy atom. The Hall–Kier alpha value is -0.860. The average molecular weight is 275 g/mol. The first-order valence-electron chi connectivity index (χ1n) is 7.82. The van der Waals surface area contributed by atoms with Gasteiger partial charge in [-0.05, 0) is 63.6 Å². The SMILES string of the molecule is CNC(c1ccc(C)cc1C)C1(OC)CCC(C)CC1. The number of ether oxygens (including phenoxy) is 1. The molecule has 1 aliphatic carbocycles. The van der Waals surface area contributed by atoms with Gasteiger partial charge in [-0.3, -0.25) is 0 Å². The van der Waals surface area contributed by atoms with Gasteiger partial charge in [-0.25, -0.2) is 0 Å². The second kappa shape index (κ2) is 6.28. The van der Waals surface area contributed by atoms with Crippen molar-refractivity contribution in [2.45, 2.75) is 58.1 Å². The monoisotopic (exact) mass is 275 g/mol. The van der Waals surface area contributed by atoms with Gasteiger partial charge in [-0.15, -0.1) is 0 Å². The molecule has 1 saturated carbocycles. The lowest BCUT2D eigenvalue weighted by atomic mass is 9.73. The predicted octanol–water partition coefficient (Wildman–Crippen LogP) is 4.16. The number of hydrogen-bond donors (Lipinski definition) is 1. The normalized spacial score (nSPS) is 28.4. The van der Waals surface area contributed by atoms with Gasteiger partial charge in [0.1, 0.15) is 0 Å². The fraction of sp³-hybridized carbons (Fsp3) is 0.667. The molecule has 0 amide bonds. The topological polar surface area (TPSA) is 21.3 Å². The van der Waals surface area contributed by atoms with Gasteiger partial charge in [-0.1, -0.05) is 30.7 Å². The molecule has 1 aromatic carbocycles. The fourth-order valence-corrected chi connectivity index (χ4v) is 3.71. The molecule has 0 radical (unpaired) electrons. The van der Waals surface area contributed by atoms with E-state index < -0.39 is 0 Å². The standard InChI is InChI=1S/C18H29NO/c1-13-8-10-18(20-5,11-9-13)17(19-4)16-7-6-14(2)12-15(16)3/h6-7,12-13,17,19H,8-11H2,1-5H3. The van der Waals surface area contributed by atoms with Crippen molar-refractivity contribution in [3.8, 4) is 0 Å². The Kier molecular flexibility index (Phi) is 4.87. The number of aryl methyl sites for hydroxylation is 2. The van der Waals surface area contributed by atoms with Crippen LogP contribution < -0.4 is 5.32 Å². The largest absolute Gasteiger partial charge is 0.376 e. The molecule has 1 atom stereocenters. The zero-order valence-corrected chi connectivity index (χ0v) is 13.6. The fourth-order valence-electron chi connectivity index (χ4n) is 3.71. The van der Waals surface area contributed by atoms with Gasteiger partial charge in [-0.2, -0.15) is 0 Å². The third-order valence-corrected chi connectivity index (χ3v) is 5.08. The molecular formula is C18H29NO. The Morgan fingerprint density at radius 1 is 1.25 bits per heavy atom. The van der Waals surface area contributed by atoms with E-state index in [1.54, 1.807) is 0 Å². The van der Waals surface area contributed by atoms with Crippen LogP contribution in [0.5, 0.6) is 0 Å². The molecule has 20 heavy (non-hydrogen) atoms. The van der Waals surface area contributed by atoms with Crippen LogP contribution in [0.1, 0.15) is 55.3 Å². The Morgan fingerprint density at radius 2 is 1.90 bits per heavy atom. The van der Waals surface area contributed by atoms with E-state index in [1.807, 2.05) is 7.11 Å². The van der Waals surface area contributed by atoms with Crippen LogP contribution in [-0.4, -0.2) is 19.8 Å². The van der Waals surface area contributed by atoms with Crippen molar-refractivity contribution in [3.63, 3.8) is 0 Å². The zero-order chi connectivity index (χ0) is 14.8. The van der Waals surface area contributed by atoms with Gasteiger partial charge < -0.3 is 10.1 Å². The molecular weight excluding hydrogens is 246 g/mol. The molecule has 0 spiro atoms. The second-order valence-electron chi connectivity index (χ2n) is 6.53. The molecule has 2 heteroatoms. The maximum atomic E-state index is 6.06. The van der Waals surface area contributed by atoms with E-state index in [-0.39, 0.29) is 11.6 Å². The van der Waals surface area contributed by atoms with E-state index in [2.05, 4.69) is 51.3 Å². The van der Waals surface area contributed by atoms with E-state index in [0.29, 0.717) is 0 Å². The number of methoxy groups -OCH3 is 1. The highest BCUT2D eigenvalue weighted by atomic mass is 16.5. The molecule has 0 heterocycles. The summed E-state index contributed by atoms with van der Waals surface area (Å²) >= 11 is 0. The maximum Gasteiger partial charge on any atom is 0.0872 e. The van der Waals surface area contributed by atoms with E-state index in [9.17, 15) is 0 Å². The van der Waals surface area contributed by atoms with Crippen LogP contribution >= 0.6 is 0 Å². The first-order chi connectivity index (χ1) is 9.52. The van der Waals surface area contributed by atoms with Crippen LogP contribution in [0.2, 0.25) is 0 Å². The molecule has 2 nitrogen and oxygen atoms in total. The summed E-state index contributed by atoms with van der Waals surface area (Å²) in [6.45, 7) is 6.71. The minimum Gasteiger partial charge on any atom is -0.376 e. The minimum atomic E-state index is -0.0543. The van der Waals surface area contributed by atoms with Gasteiger partial charge in [0.05, 0.1) is 11.6 Å². The first kappa shape index (κ1) is 15.5. The van der Waals surface area contributed by atoms with Crippen molar-refractivity contribution in [2.24, 2.45) is 5.92 Å². The van der Waals surface area contributed by atoms with Gasteiger partial charge >= 0.3 is 0 Å². The van der Waals surface area contributed by atoms with Gasteiger partial charge in [0, 0.05) is 7.11 Å². The molecule has 2 rings (SSSR count). The Balaban J connectivity index is 2.34. The van der Waals surface area contributed by atoms with Gasteiger partial charge in [0.15, 0.2) is 0 Å². The maximum absolute atomic E-state index is 6.06. The molecule has 1 N–H and O–H groups in total. The van der Waals surface area contributed by atoms with Crippen LogP contribution in [0.25, 0.3) is 0 Å². The highest BCUT2D eigenvalue weighted by molar-refractivity contribution is 5.34. The number of benzene rings is 1. The molecule has 1 fully saturated rings. The summed E-state index contributed by atoms with van der Waals surface area (Å²) in [4.78, 5) is 0. The van der Waals surface area contributed by atoms with Crippen LogP contribution in [-0.2, 0) is 4.74 Å². The van der Waals surface area contributed by atoms with E-state index >= 15 is 0 Å². The summed E-state index contributed by atoms with van der Waals surface area (Å²) in [6, 6.07) is 7.03. The summed E-state index contributed by atoms with van der Waals surface area (Å²) in [6.07, 6.45) is 4.81. The van der Waals surface area contributed by atoms with Crippen molar-refractivity contribution < 1.29 is 4.74 Å². The lowest BCUT2D eigenvalue weighted by molar-refractivity contribution is -0.0746. The summed E-state index contributed by atoms with van der Waals surface area (Å²) in [5.41, 5.74) is 4.01. The van der Waals surface area contributed by atoms with Gasteiger partial charge in [0.25, 0.3) is 0 Å². The average Bonchev–Trinajstić information content (AvgIpc) is 2.44. The number of likely N-dealkylation sites (N-methyl/N-ethyl adjacent to an activating group) is 1. The third kappa shape index (κ3) is 2.91. The molecule has 112 valence electrons. The van der Waals surface area contributed by atoms with E-state index in [1.165, 1.54) is 29.5 Å². The number of rotatable bonds is 4. The third-order valence-electron chi connectivity index (χ3n) is 5.08. The molecule has 0 saturated heterocycles. The molecule has 0 bridgehead atoms. The van der Waals surface area contributed by atoms with Crippen LogP contribution in [0.15, 0.2) is 18.2 Å². The summed E-state index contributed by atoms with van der Waals surface area (Å²) < 4.78 is 6.06. The molecule has 0 aliphatic heterocycles. The number of nitrogens with one attached hydrogen (secondary N) is 1. The van der Waals surface area contributed by atoms with Crippen LogP contribution in [0.3, 0.4) is 0 Å². The molecule has 1 unspecified atom stereocenters. The summed E-state index contributed by atoms with van der Waals surface area (Å²) in [7, 11) is 3.94. The van der Waals surface area contributed by atoms with Crippen molar-refractivity contribution >= 4 is 0 Å². The van der Waals surface area contributed by atoms with Crippen molar-refractivity contribution in [2.75, 3.05) is 14.2 Å². The molecule has 0 aromatic heterocycles. The zero-order valence-electron chi connectivity index (χ0n) is 13.6. The Bertz CT molecular complexity index is 447. The lowest BCUT2D eigenvalue weighted by Gasteiger charge is -2.44. The highest BCUT2D eigenvalue weighted by Gasteiger charge is 2.42. The minimum absolute atomic E-state index is 0.0543. The van der Waals surface area contributed by atoms with Crippen molar-refractivity contribution in [3.05, 3.63) is 34.9 Å². The van der Waals surface area contributed by atoms with E-state index in [4.69, 9.17) is 4.74 Å². The summed E-state index contributed by atoms with van der Waals surface area (Å²) in [5, 5.41) is 3.53. The second-order valence-corrected chi connectivity index (χ2v) is 6.53. The molecule has 1 aromatic rings. The van der Waals surface area contributed by atoms with Crippen LogP contribution in [0.4, 0.5) is 0 Å². The predicted molar refractivity (Wildman–Crippen MR) is 85.1 cm³/mol. The van der Waals surface area contributed by atoms with Gasteiger partial charge in [0.2, 0.25) is 0 Å². The van der Waals surface area contributed by atoms with E-state index in [0.717, 1.165) is 18.8 Å². The van der Waals surface area contributed by atoms with Crippen molar-refractivity contribution in [1.82, 2.24) is 5.32 Å². The highest BCUT2D eigenvalue weighted by Crippen LogP contribution is 2.43. The number of hydrogen-bond acceptors (Lipinski definition) is 2. The summed E-state index contributed by atoms with van der Waals surface area (Å²) in [5.74, 6) is 0.829. The Labute approximate surface area is 123 Å². The smallest absolute Gasteiger partial charge is 0.0872 e. The quantitative estimate of drug-likeness (QED) is 0.891. The molecule has 1 aliphatic rings. The lowest BCUT2D eigenvalue weighted by Crippen LogP contribution is -2.47. The first-order valence-corrected chi connectivity index (χ1v) is 7.82. The van der Waals surface area contributed by atoms with Crippen LogP contribution in [0, 0.1) is 19.8 Å².